The normalized spacial score (nSPS) is 31.7. The van der Waals surface area contributed by atoms with Gasteiger partial charge in [0, 0.05) is 18.8 Å². The van der Waals surface area contributed by atoms with Gasteiger partial charge in [-0.1, -0.05) is 66.7 Å². The number of primary amides is 2. The third-order valence-electron chi connectivity index (χ3n) is 13.2. The third-order valence-corrected chi connectivity index (χ3v) is 13.2. The lowest BCUT2D eigenvalue weighted by molar-refractivity contribution is -0.179. The van der Waals surface area contributed by atoms with Crippen molar-refractivity contribution < 1.29 is 49.2 Å². The molecule has 6 amide bonds. The summed E-state index contributed by atoms with van der Waals surface area (Å²) < 4.78 is 0. The van der Waals surface area contributed by atoms with Crippen molar-refractivity contribution in [3.63, 3.8) is 0 Å². The van der Waals surface area contributed by atoms with Crippen LogP contribution in [-0.4, -0.2) is 103 Å². The third kappa shape index (κ3) is 6.30. The number of aliphatic hydroxyl groups is 2. The summed E-state index contributed by atoms with van der Waals surface area (Å²) in [7, 11) is 0. The van der Waals surface area contributed by atoms with Crippen LogP contribution in [0.4, 0.5) is 15.3 Å². The number of amides is 6. The average molecular weight is 812 g/mol. The second-order valence-corrected chi connectivity index (χ2v) is 16.3. The lowest BCUT2D eigenvalue weighted by Crippen LogP contribution is -2.76. The zero-order chi connectivity index (χ0) is 42.7. The second kappa shape index (κ2) is 15.1. The van der Waals surface area contributed by atoms with Gasteiger partial charge in [0.15, 0.2) is 11.1 Å². The number of hydrogen-bond acceptors (Lipinski definition) is 11. The van der Waals surface area contributed by atoms with Crippen LogP contribution < -0.4 is 27.0 Å². The number of nitrogens with one attached hydrogen (secondary N) is 2. The van der Waals surface area contributed by atoms with Crippen LogP contribution in [0.15, 0.2) is 78.9 Å². The van der Waals surface area contributed by atoms with Crippen LogP contribution in [0.5, 0.6) is 0 Å². The first-order chi connectivity index (χ1) is 27.9. The molecular formula is C42H49N7O10. The second-order valence-electron chi connectivity index (χ2n) is 16.3. The topological polar surface area (TPSA) is 269 Å². The Morgan fingerprint density at radius 2 is 1.00 bits per heavy atom. The highest BCUT2D eigenvalue weighted by molar-refractivity contribution is 6.00. The van der Waals surface area contributed by atoms with Crippen molar-refractivity contribution in [1.82, 2.24) is 20.4 Å². The van der Waals surface area contributed by atoms with Crippen molar-refractivity contribution in [3.8, 4) is 0 Å². The highest BCUT2D eigenvalue weighted by Crippen LogP contribution is 2.53. The molecule has 2 saturated heterocycles. The van der Waals surface area contributed by atoms with Crippen LogP contribution in [0.3, 0.4) is 0 Å². The fourth-order valence-corrected chi connectivity index (χ4v) is 10.7. The minimum Gasteiger partial charge on any atom is -0.465 e. The van der Waals surface area contributed by atoms with E-state index in [4.69, 9.17) is 11.5 Å². The average Bonchev–Trinajstić information content (AvgIpc) is 3.84. The van der Waals surface area contributed by atoms with Crippen LogP contribution in [0.2, 0.25) is 0 Å². The number of fused-ring (bicyclic) bond motifs is 10. The molecule has 3 aromatic rings. The van der Waals surface area contributed by atoms with Gasteiger partial charge in [-0.25, -0.2) is 9.59 Å². The summed E-state index contributed by atoms with van der Waals surface area (Å²) in [6.07, 6.45) is -3.88. The van der Waals surface area contributed by atoms with Crippen LogP contribution in [0.1, 0.15) is 61.8 Å². The van der Waals surface area contributed by atoms with E-state index in [9.17, 15) is 49.2 Å². The van der Waals surface area contributed by atoms with E-state index < -0.39 is 82.3 Å². The Kier molecular flexibility index (Phi) is 10.5. The van der Waals surface area contributed by atoms with Crippen LogP contribution >= 0.6 is 0 Å². The predicted octanol–water partition coefficient (Wildman–Crippen LogP) is 1.53. The predicted molar refractivity (Wildman–Crippen MR) is 211 cm³/mol. The molecule has 6 unspecified atom stereocenters. The molecule has 10 N–H and O–H groups in total. The molecule has 4 aliphatic carbocycles. The molecule has 0 aromatic heterocycles. The number of carbonyl (C=O) groups is 6. The lowest BCUT2D eigenvalue weighted by atomic mass is 9.63. The van der Waals surface area contributed by atoms with E-state index >= 15 is 0 Å². The number of hydrogen-bond donors (Lipinski definition) is 8. The summed E-state index contributed by atoms with van der Waals surface area (Å²) in [4.78, 5) is 86.4. The van der Waals surface area contributed by atoms with Crippen molar-refractivity contribution in [2.75, 3.05) is 18.0 Å². The van der Waals surface area contributed by atoms with E-state index in [-0.39, 0.29) is 37.1 Å². The van der Waals surface area contributed by atoms with E-state index in [1.807, 2.05) is 15.5 Å². The quantitative estimate of drug-likeness (QED) is 0.153. The summed E-state index contributed by atoms with van der Waals surface area (Å²) in [5.74, 6) is -6.81. The van der Waals surface area contributed by atoms with Gasteiger partial charge in [0.25, 0.3) is 11.8 Å². The van der Waals surface area contributed by atoms with Crippen molar-refractivity contribution in [3.05, 3.63) is 101 Å². The Morgan fingerprint density at radius 1 is 0.627 bits per heavy atom. The summed E-state index contributed by atoms with van der Waals surface area (Å²) in [5, 5.41) is 49.9. The standard InChI is InChI=1S/C42H49N7O10/c1-39(58)29(33(43)50)22-24-12-16-26(17-13-24)41(39,35(52)45-37(54)55)47-20-6-10-31(47)49(28-8-4-3-5-9-28)32-11-7-21-48(32)42(36(53)46-38(56)57)27-18-14-25(15-19-27)23-30(34(44)51)40(42,2)59/h3-5,8-9,12-19,29-32,58-59H,6-7,10-11,20-23H2,1-2H3,(H2,43,50)(H2,44,51)(H,45,52)(H,46,53)(H,54,55)(H,56,57)/t29?,30?,31?,32?,39?,40?,41-,42-/m1/s1. The molecule has 17 heteroatoms. The number of benzene rings is 3. The van der Waals surface area contributed by atoms with Gasteiger partial charge in [0.05, 0.1) is 24.2 Å². The molecule has 59 heavy (non-hydrogen) atoms. The van der Waals surface area contributed by atoms with Crippen LogP contribution in [0, 0.1) is 11.8 Å². The molecule has 0 spiro atoms. The van der Waals surface area contributed by atoms with E-state index in [2.05, 4.69) is 0 Å². The maximum absolute atomic E-state index is 14.9. The summed E-state index contributed by atoms with van der Waals surface area (Å²) in [5.41, 5.74) is 5.02. The Labute approximate surface area is 339 Å². The highest BCUT2D eigenvalue weighted by atomic mass is 16.4. The van der Waals surface area contributed by atoms with Gasteiger partial charge in [0.1, 0.15) is 11.2 Å². The number of imide groups is 2. The molecule has 2 aliphatic heterocycles. The zero-order valence-corrected chi connectivity index (χ0v) is 32.7. The fraction of sp³-hybridized carbons (Fsp3) is 0.429. The van der Waals surface area contributed by atoms with Crippen molar-refractivity contribution >= 4 is 41.5 Å². The van der Waals surface area contributed by atoms with E-state index in [0.29, 0.717) is 42.5 Å². The maximum Gasteiger partial charge on any atom is 0.411 e. The van der Waals surface area contributed by atoms with Gasteiger partial charge in [-0.2, -0.15) is 0 Å². The minimum absolute atomic E-state index is 0.0574. The number of para-hydroxylation sites is 1. The van der Waals surface area contributed by atoms with Gasteiger partial charge < -0.3 is 36.8 Å². The van der Waals surface area contributed by atoms with Crippen molar-refractivity contribution in [1.29, 1.82) is 0 Å². The van der Waals surface area contributed by atoms with Crippen LogP contribution in [0.25, 0.3) is 0 Å². The molecule has 17 nitrogen and oxygen atoms in total. The smallest absolute Gasteiger partial charge is 0.411 e. The first-order valence-corrected chi connectivity index (χ1v) is 19.6. The molecule has 312 valence electrons. The Balaban J connectivity index is 1.50. The largest absolute Gasteiger partial charge is 0.465 e. The number of carboxylic acid groups (broad SMARTS) is 2. The van der Waals surface area contributed by atoms with Crippen molar-refractivity contribution in [2.24, 2.45) is 23.3 Å². The van der Waals surface area contributed by atoms with Crippen molar-refractivity contribution in [2.45, 2.75) is 87.0 Å². The number of carbonyl (C=O) groups excluding carboxylic acids is 4. The highest BCUT2D eigenvalue weighted by Gasteiger charge is 2.68. The zero-order valence-electron chi connectivity index (χ0n) is 32.7. The maximum atomic E-state index is 14.9. The Morgan fingerprint density at radius 3 is 1.34 bits per heavy atom. The molecule has 0 radical (unpaired) electrons. The molecule has 2 heterocycles. The molecule has 6 aliphatic rings. The summed E-state index contributed by atoms with van der Waals surface area (Å²) in [6, 6.07) is 22.2. The van der Waals surface area contributed by atoms with Gasteiger partial charge in [-0.3, -0.25) is 39.6 Å². The van der Waals surface area contributed by atoms with Gasteiger partial charge in [0.2, 0.25) is 11.8 Å². The van der Waals surface area contributed by atoms with E-state index in [0.717, 1.165) is 0 Å². The molecule has 2 fully saturated rings. The number of likely N-dealkylation sites (tertiary alicyclic amines) is 2. The lowest BCUT2D eigenvalue weighted by Gasteiger charge is -2.59. The van der Waals surface area contributed by atoms with Gasteiger partial charge >= 0.3 is 12.2 Å². The van der Waals surface area contributed by atoms with Crippen LogP contribution in [-0.2, 0) is 43.1 Å². The SMILES string of the molecule is CC1(O)C(C(N)=O)Cc2ccc(cc2)[C@]1(C(=O)NC(=O)O)N1CCCC1N(c1ccccc1)C1CCCN1[C@@]1(C(=O)NC(=O)O)c2ccc(cc2)CC(C(N)=O)C1(C)O. The Bertz CT molecular complexity index is 2030. The first kappa shape index (κ1) is 41.3. The number of nitrogens with zero attached hydrogens (tertiary/aromatic N) is 3. The Hall–Kier alpha value is -5.88. The minimum atomic E-state index is -2.34. The van der Waals surface area contributed by atoms with E-state index in [1.165, 1.54) is 13.8 Å². The number of nitrogens with two attached hydrogens (primary N) is 2. The number of rotatable bonds is 9. The van der Waals surface area contributed by atoms with Gasteiger partial charge in [-0.15, -0.1) is 0 Å². The molecule has 4 bridgehead atoms. The first-order valence-electron chi connectivity index (χ1n) is 19.6. The van der Waals surface area contributed by atoms with Gasteiger partial charge in [-0.05, 0) is 86.8 Å². The molecular weight excluding hydrogens is 763 g/mol. The summed E-state index contributed by atoms with van der Waals surface area (Å²) in [6.45, 7) is 2.83. The molecule has 9 rings (SSSR count). The fourth-order valence-electron chi connectivity index (χ4n) is 10.7. The monoisotopic (exact) mass is 811 g/mol. The molecule has 0 saturated carbocycles. The molecule has 8 atom stereocenters. The van der Waals surface area contributed by atoms with E-state index in [1.54, 1.807) is 88.7 Å². The summed E-state index contributed by atoms with van der Waals surface area (Å²) >= 11 is 0. The number of anilines is 1. The molecule has 3 aromatic carbocycles.